The van der Waals surface area contributed by atoms with Gasteiger partial charge in [-0.1, -0.05) is 35.2 Å². The second kappa shape index (κ2) is 7.42. The van der Waals surface area contributed by atoms with Crippen molar-refractivity contribution in [3.63, 3.8) is 0 Å². The highest BCUT2D eigenvalue weighted by atomic mass is 32.2. The van der Waals surface area contributed by atoms with Crippen LogP contribution in [0.4, 0.5) is 9.52 Å². The van der Waals surface area contributed by atoms with Crippen LogP contribution in [0.15, 0.2) is 28.6 Å². The average Bonchev–Trinajstić information content (AvgIpc) is 2.85. The normalized spacial score (nSPS) is 10.6. The fourth-order valence-electron chi connectivity index (χ4n) is 1.37. The second-order valence-corrected chi connectivity index (χ2v) is 5.91. The summed E-state index contributed by atoms with van der Waals surface area (Å²) in [6.45, 7) is 1.34. The third-order valence-electron chi connectivity index (χ3n) is 2.24. The van der Waals surface area contributed by atoms with E-state index in [4.69, 9.17) is 4.74 Å². The van der Waals surface area contributed by atoms with Gasteiger partial charge < -0.3 is 10.1 Å². The summed E-state index contributed by atoms with van der Waals surface area (Å²) in [6, 6.07) is 6.58. The highest BCUT2D eigenvalue weighted by molar-refractivity contribution is 8.00. The second-order valence-electron chi connectivity index (χ2n) is 3.71. The van der Waals surface area contributed by atoms with Crippen LogP contribution >= 0.6 is 23.1 Å². The van der Waals surface area contributed by atoms with Gasteiger partial charge in [0, 0.05) is 19.4 Å². The van der Waals surface area contributed by atoms with Crippen molar-refractivity contribution < 1.29 is 9.13 Å². The molecule has 0 atom stereocenters. The molecule has 0 aliphatic carbocycles. The summed E-state index contributed by atoms with van der Waals surface area (Å²) in [5, 5.41) is 12.0. The third-order valence-corrected chi connectivity index (χ3v) is 4.33. The third kappa shape index (κ3) is 4.77. The van der Waals surface area contributed by atoms with Crippen LogP contribution in [-0.2, 0) is 10.5 Å². The summed E-state index contributed by atoms with van der Waals surface area (Å²) >= 11 is 3.04. The van der Waals surface area contributed by atoms with E-state index in [2.05, 4.69) is 15.5 Å². The molecule has 1 aromatic heterocycles. The molecule has 0 saturated carbocycles. The Morgan fingerprint density at radius 3 is 3.11 bits per heavy atom. The Kier molecular flexibility index (Phi) is 5.56. The van der Waals surface area contributed by atoms with Crippen LogP contribution in [0.25, 0.3) is 0 Å². The van der Waals surface area contributed by atoms with Crippen LogP contribution in [-0.4, -0.2) is 30.5 Å². The molecule has 1 N–H and O–H groups in total. The van der Waals surface area contributed by atoms with Gasteiger partial charge in [-0.25, -0.2) is 4.39 Å². The molecule has 0 fully saturated rings. The van der Waals surface area contributed by atoms with Gasteiger partial charge in [-0.15, -0.1) is 10.2 Å². The van der Waals surface area contributed by atoms with Gasteiger partial charge in [-0.3, -0.25) is 0 Å². The zero-order chi connectivity index (χ0) is 13.5. The quantitative estimate of drug-likeness (QED) is 0.629. The fourth-order valence-corrected chi connectivity index (χ4v) is 3.09. The predicted octanol–water partition coefficient (Wildman–Crippen LogP) is 3.03. The number of anilines is 1. The molecule has 1 heterocycles. The molecular weight excluding hydrogens is 285 g/mol. The molecule has 0 aliphatic rings. The van der Waals surface area contributed by atoms with E-state index in [-0.39, 0.29) is 5.82 Å². The summed E-state index contributed by atoms with van der Waals surface area (Å²) in [5.41, 5.74) is 0.939. The molecule has 0 saturated heterocycles. The smallest absolute Gasteiger partial charge is 0.206 e. The van der Waals surface area contributed by atoms with E-state index in [1.165, 1.54) is 23.5 Å². The summed E-state index contributed by atoms with van der Waals surface area (Å²) in [5.74, 6) is 0.474. The number of rotatable bonds is 7. The maximum absolute atomic E-state index is 13.0. The fraction of sp³-hybridized carbons (Fsp3) is 0.333. The maximum Gasteiger partial charge on any atom is 0.206 e. The molecule has 0 aliphatic heterocycles. The number of ether oxygens (including phenoxy) is 1. The number of methoxy groups -OCH3 is 1. The Morgan fingerprint density at radius 2 is 2.32 bits per heavy atom. The first-order chi connectivity index (χ1) is 9.28. The van der Waals surface area contributed by atoms with Gasteiger partial charge in [0.25, 0.3) is 0 Å². The van der Waals surface area contributed by atoms with Crippen LogP contribution in [0.5, 0.6) is 0 Å². The van der Waals surface area contributed by atoms with Crippen molar-refractivity contribution in [3.05, 3.63) is 35.6 Å². The zero-order valence-electron chi connectivity index (χ0n) is 10.4. The Hall–Kier alpha value is -1.18. The molecule has 102 valence electrons. The predicted molar refractivity (Wildman–Crippen MR) is 76.2 cm³/mol. The number of halogens is 1. The lowest BCUT2D eigenvalue weighted by Crippen LogP contribution is -2.06. The van der Waals surface area contributed by atoms with Crippen LogP contribution in [0.2, 0.25) is 0 Å². The minimum atomic E-state index is -0.211. The molecule has 0 amide bonds. The van der Waals surface area contributed by atoms with Gasteiger partial charge >= 0.3 is 0 Å². The number of hydrogen-bond donors (Lipinski definition) is 1. The van der Waals surface area contributed by atoms with Gasteiger partial charge in [0.2, 0.25) is 5.13 Å². The van der Waals surface area contributed by atoms with Crippen molar-refractivity contribution >= 4 is 28.2 Å². The average molecular weight is 299 g/mol. The Morgan fingerprint density at radius 1 is 1.42 bits per heavy atom. The zero-order valence-corrected chi connectivity index (χ0v) is 12.1. The molecule has 2 aromatic rings. The first kappa shape index (κ1) is 14.2. The van der Waals surface area contributed by atoms with Gasteiger partial charge in [0.05, 0.1) is 6.61 Å². The Bertz CT molecular complexity index is 521. The van der Waals surface area contributed by atoms with Gasteiger partial charge in [0.1, 0.15) is 5.82 Å². The summed E-state index contributed by atoms with van der Waals surface area (Å²) < 4.78 is 18.8. The topological polar surface area (TPSA) is 47.0 Å². The van der Waals surface area contributed by atoms with E-state index in [0.717, 1.165) is 15.0 Å². The van der Waals surface area contributed by atoms with Crippen LogP contribution in [0.3, 0.4) is 0 Å². The Labute approximate surface area is 119 Å². The highest BCUT2D eigenvalue weighted by Crippen LogP contribution is 2.28. The number of nitrogens with one attached hydrogen (secondary N) is 1. The monoisotopic (exact) mass is 299 g/mol. The lowest BCUT2D eigenvalue weighted by atomic mass is 10.2. The molecule has 4 nitrogen and oxygen atoms in total. The van der Waals surface area contributed by atoms with E-state index in [1.807, 2.05) is 6.07 Å². The van der Waals surface area contributed by atoms with Crippen molar-refractivity contribution in [3.8, 4) is 0 Å². The standard InChI is InChI=1S/C12H14FN3OS2/c1-17-6-5-14-11-15-16-12(19-11)18-8-9-3-2-4-10(13)7-9/h2-4,7H,5-6,8H2,1H3,(H,14,15). The molecule has 19 heavy (non-hydrogen) atoms. The molecule has 0 spiro atoms. The first-order valence-electron chi connectivity index (χ1n) is 5.71. The summed E-state index contributed by atoms with van der Waals surface area (Å²) in [6.07, 6.45) is 0. The van der Waals surface area contributed by atoms with Crippen molar-refractivity contribution in [2.75, 3.05) is 25.6 Å². The van der Waals surface area contributed by atoms with Crippen LogP contribution in [0.1, 0.15) is 5.56 Å². The van der Waals surface area contributed by atoms with Crippen LogP contribution in [0, 0.1) is 5.82 Å². The molecule has 0 radical (unpaired) electrons. The molecule has 1 aromatic carbocycles. The number of thioether (sulfide) groups is 1. The maximum atomic E-state index is 13.0. The largest absolute Gasteiger partial charge is 0.383 e. The van der Waals surface area contributed by atoms with Crippen molar-refractivity contribution in [1.82, 2.24) is 10.2 Å². The van der Waals surface area contributed by atoms with Crippen molar-refractivity contribution in [2.24, 2.45) is 0 Å². The van der Waals surface area contributed by atoms with Gasteiger partial charge in [-0.2, -0.15) is 0 Å². The Balaban J connectivity index is 1.83. The van der Waals surface area contributed by atoms with Crippen molar-refractivity contribution in [1.29, 1.82) is 0 Å². The van der Waals surface area contributed by atoms with E-state index in [0.29, 0.717) is 18.9 Å². The molecular formula is C12H14FN3OS2. The molecule has 7 heteroatoms. The number of benzene rings is 1. The SMILES string of the molecule is COCCNc1nnc(SCc2cccc(F)c2)s1. The minimum Gasteiger partial charge on any atom is -0.383 e. The lowest BCUT2D eigenvalue weighted by molar-refractivity contribution is 0.211. The molecule has 0 unspecified atom stereocenters. The number of aromatic nitrogens is 2. The van der Waals surface area contributed by atoms with E-state index < -0.39 is 0 Å². The summed E-state index contributed by atoms with van der Waals surface area (Å²) in [7, 11) is 1.65. The van der Waals surface area contributed by atoms with Gasteiger partial charge in [0.15, 0.2) is 4.34 Å². The summed E-state index contributed by atoms with van der Waals surface area (Å²) in [4.78, 5) is 0. The molecule has 2 rings (SSSR count). The highest BCUT2D eigenvalue weighted by Gasteiger charge is 2.05. The lowest BCUT2D eigenvalue weighted by Gasteiger charge is -1.99. The van der Waals surface area contributed by atoms with Crippen LogP contribution < -0.4 is 5.32 Å². The number of hydrogen-bond acceptors (Lipinski definition) is 6. The number of nitrogens with zero attached hydrogens (tertiary/aromatic N) is 2. The molecule has 0 bridgehead atoms. The minimum absolute atomic E-state index is 0.211. The van der Waals surface area contributed by atoms with E-state index >= 15 is 0 Å². The van der Waals surface area contributed by atoms with E-state index in [9.17, 15) is 4.39 Å². The van der Waals surface area contributed by atoms with E-state index in [1.54, 1.807) is 24.9 Å². The first-order valence-corrected chi connectivity index (χ1v) is 7.51. The van der Waals surface area contributed by atoms with Gasteiger partial charge in [-0.05, 0) is 17.7 Å². The van der Waals surface area contributed by atoms with Crippen molar-refractivity contribution in [2.45, 2.75) is 10.1 Å².